The highest BCUT2D eigenvalue weighted by atomic mass is 35.5. The predicted molar refractivity (Wildman–Crippen MR) is 75.7 cm³/mol. The number of hydrogen-bond acceptors (Lipinski definition) is 4. The Morgan fingerprint density at radius 2 is 2.14 bits per heavy atom. The quantitative estimate of drug-likeness (QED) is 0.688. The zero-order chi connectivity index (χ0) is 15.8. The molecule has 0 heterocycles. The van der Waals surface area contributed by atoms with Gasteiger partial charge in [0, 0.05) is 23.6 Å². The summed E-state index contributed by atoms with van der Waals surface area (Å²) in [6.45, 7) is -1.87. The predicted octanol–water partition coefficient (Wildman–Crippen LogP) is 3.33. The highest BCUT2D eigenvalue weighted by Gasteiger charge is 2.12. The first-order chi connectivity index (χ1) is 9.92. The van der Waals surface area contributed by atoms with Gasteiger partial charge in [-0.1, -0.05) is 11.6 Å². The second-order valence-electron chi connectivity index (χ2n) is 4.55. The first kappa shape index (κ1) is 17.7. The van der Waals surface area contributed by atoms with Crippen molar-refractivity contribution in [2.24, 2.45) is 0 Å². The molecule has 0 N–H and O–H groups in total. The van der Waals surface area contributed by atoms with E-state index in [1.807, 2.05) is 11.9 Å². The van der Waals surface area contributed by atoms with E-state index < -0.39 is 6.61 Å². The fraction of sp³-hybridized carbons (Fsp3) is 0.500. The number of nitrogens with zero attached hydrogens (tertiary/aromatic N) is 1. The van der Waals surface area contributed by atoms with E-state index >= 15 is 0 Å². The van der Waals surface area contributed by atoms with Crippen LogP contribution < -0.4 is 4.74 Å². The molecule has 1 rings (SSSR count). The second kappa shape index (κ2) is 8.79. The number of carbonyl (C=O) groups excluding carboxylic acids is 1. The van der Waals surface area contributed by atoms with Crippen molar-refractivity contribution in [2.45, 2.75) is 26.0 Å². The Morgan fingerprint density at radius 1 is 1.43 bits per heavy atom. The zero-order valence-electron chi connectivity index (χ0n) is 11.9. The first-order valence-electron chi connectivity index (χ1n) is 6.41. The van der Waals surface area contributed by atoms with E-state index in [0.717, 1.165) is 0 Å². The lowest BCUT2D eigenvalue weighted by molar-refractivity contribution is -0.140. The zero-order valence-corrected chi connectivity index (χ0v) is 12.7. The van der Waals surface area contributed by atoms with Crippen molar-refractivity contribution in [3.63, 3.8) is 0 Å². The van der Waals surface area contributed by atoms with Crippen molar-refractivity contribution in [2.75, 3.05) is 20.7 Å². The van der Waals surface area contributed by atoms with Gasteiger partial charge in [0.25, 0.3) is 0 Å². The molecule has 7 heteroatoms. The molecule has 4 nitrogen and oxygen atoms in total. The van der Waals surface area contributed by atoms with Crippen molar-refractivity contribution in [1.82, 2.24) is 4.90 Å². The van der Waals surface area contributed by atoms with Crippen LogP contribution in [0.3, 0.4) is 0 Å². The number of ether oxygens (including phenoxy) is 2. The summed E-state index contributed by atoms with van der Waals surface area (Å²) in [7, 11) is 3.16. The third-order valence-corrected chi connectivity index (χ3v) is 3.06. The fourth-order valence-corrected chi connectivity index (χ4v) is 2.04. The van der Waals surface area contributed by atoms with Crippen LogP contribution in [0.1, 0.15) is 18.4 Å². The van der Waals surface area contributed by atoms with Gasteiger partial charge in [-0.3, -0.25) is 4.79 Å². The summed E-state index contributed by atoms with van der Waals surface area (Å²) in [5, 5.41) is 0.453. The maximum Gasteiger partial charge on any atom is 0.387 e. The largest absolute Gasteiger partial charge is 0.469 e. The molecule has 1 aromatic carbocycles. The minimum absolute atomic E-state index is 0.106. The molecule has 0 saturated heterocycles. The van der Waals surface area contributed by atoms with E-state index in [4.69, 9.17) is 11.6 Å². The van der Waals surface area contributed by atoms with Crippen molar-refractivity contribution in [3.8, 4) is 5.75 Å². The topological polar surface area (TPSA) is 38.8 Å². The van der Waals surface area contributed by atoms with Crippen LogP contribution in [-0.4, -0.2) is 38.2 Å². The van der Waals surface area contributed by atoms with E-state index in [1.165, 1.54) is 19.2 Å². The van der Waals surface area contributed by atoms with Crippen LogP contribution in [-0.2, 0) is 16.1 Å². The molecule has 0 unspecified atom stereocenters. The molecular formula is C14H18ClF2NO3. The van der Waals surface area contributed by atoms with Gasteiger partial charge in [-0.2, -0.15) is 8.78 Å². The number of rotatable bonds is 8. The lowest BCUT2D eigenvalue weighted by Crippen LogP contribution is -2.20. The number of alkyl halides is 2. The average Bonchev–Trinajstić information content (AvgIpc) is 2.41. The molecule has 21 heavy (non-hydrogen) atoms. The van der Waals surface area contributed by atoms with Gasteiger partial charge in [0.15, 0.2) is 0 Å². The molecule has 0 fully saturated rings. The molecular weight excluding hydrogens is 304 g/mol. The van der Waals surface area contributed by atoms with Gasteiger partial charge in [0.05, 0.1) is 7.11 Å². The SMILES string of the molecule is COC(=O)CCCN(C)Cc1cc(Cl)ccc1OC(F)F. The Balaban J connectivity index is 2.59. The van der Waals surface area contributed by atoms with E-state index in [9.17, 15) is 13.6 Å². The van der Waals surface area contributed by atoms with E-state index in [0.29, 0.717) is 36.5 Å². The number of halogens is 3. The Bertz CT molecular complexity index is 472. The van der Waals surface area contributed by atoms with Gasteiger partial charge in [-0.25, -0.2) is 0 Å². The number of carbonyl (C=O) groups is 1. The number of methoxy groups -OCH3 is 1. The Morgan fingerprint density at radius 3 is 2.76 bits per heavy atom. The molecule has 0 aliphatic rings. The number of benzene rings is 1. The molecule has 0 aliphatic carbocycles. The van der Waals surface area contributed by atoms with Crippen LogP contribution in [0, 0.1) is 0 Å². The van der Waals surface area contributed by atoms with Crippen LogP contribution in [0.15, 0.2) is 18.2 Å². The Kier molecular flexibility index (Phi) is 7.39. The van der Waals surface area contributed by atoms with Crippen molar-refractivity contribution < 1.29 is 23.0 Å². The highest BCUT2D eigenvalue weighted by Crippen LogP contribution is 2.25. The normalized spacial score (nSPS) is 11.0. The number of hydrogen-bond donors (Lipinski definition) is 0. The monoisotopic (exact) mass is 321 g/mol. The van der Waals surface area contributed by atoms with Gasteiger partial charge in [0.1, 0.15) is 5.75 Å². The summed E-state index contributed by atoms with van der Waals surface area (Å²) in [5.41, 5.74) is 0.573. The summed E-state index contributed by atoms with van der Waals surface area (Å²) in [6, 6.07) is 4.52. The van der Waals surface area contributed by atoms with Crippen LogP contribution >= 0.6 is 11.6 Å². The molecule has 0 aliphatic heterocycles. The first-order valence-corrected chi connectivity index (χ1v) is 6.78. The lowest BCUT2D eigenvalue weighted by atomic mass is 10.2. The molecule has 0 bridgehead atoms. The summed E-state index contributed by atoms with van der Waals surface area (Å²) in [5.74, 6) is -0.165. The molecule has 0 aromatic heterocycles. The fourth-order valence-electron chi connectivity index (χ4n) is 1.85. The Labute approximate surface area is 127 Å². The van der Waals surface area contributed by atoms with Gasteiger partial charge in [-0.05, 0) is 38.2 Å². The van der Waals surface area contributed by atoms with Crippen molar-refractivity contribution in [1.29, 1.82) is 0 Å². The summed E-state index contributed by atoms with van der Waals surface area (Å²) < 4.78 is 33.7. The van der Waals surface area contributed by atoms with E-state index in [-0.39, 0.29) is 11.7 Å². The molecule has 0 atom stereocenters. The minimum atomic E-state index is -2.88. The summed E-state index contributed by atoms with van der Waals surface area (Å²) in [6.07, 6.45) is 0.936. The van der Waals surface area contributed by atoms with Crippen LogP contribution in [0.25, 0.3) is 0 Å². The van der Waals surface area contributed by atoms with E-state index in [2.05, 4.69) is 9.47 Å². The minimum Gasteiger partial charge on any atom is -0.469 e. The standard InChI is InChI=1S/C14H18ClF2NO3/c1-18(7-3-4-13(19)20-2)9-10-8-11(15)5-6-12(10)21-14(16)17/h5-6,8,14H,3-4,7,9H2,1-2H3. The van der Waals surface area contributed by atoms with Crippen molar-refractivity contribution >= 4 is 17.6 Å². The van der Waals surface area contributed by atoms with Crippen LogP contribution in [0.4, 0.5) is 8.78 Å². The van der Waals surface area contributed by atoms with E-state index in [1.54, 1.807) is 6.07 Å². The molecule has 0 spiro atoms. The van der Waals surface area contributed by atoms with Crippen LogP contribution in [0.2, 0.25) is 5.02 Å². The van der Waals surface area contributed by atoms with Gasteiger partial charge in [0.2, 0.25) is 0 Å². The van der Waals surface area contributed by atoms with Gasteiger partial charge >= 0.3 is 12.6 Å². The molecule has 0 saturated carbocycles. The maximum atomic E-state index is 12.3. The second-order valence-corrected chi connectivity index (χ2v) is 4.98. The smallest absolute Gasteiger partial charge is 0.387 e. The maximum absolute atomic E-state index is 12.3. The Hall–Kier alpha value is -1.40. The molecule has 0 radical (unpaired) electrons. The van der Waals surface area contributed by atoms with Gasteiger partial charge < -0.3 is 14.4 Å². The molecule has 0 amide bonds. The summed E-state index contributed by atoms with van der Waals surface area (Å²) in [4.78, 5) is 12.9. The molecule has 1 aromatic rings. The average molecular weight is 322 g/mol. The summed E-state index contributed by atoms with van der Waals surface area (Å²) >= 11 is 5.88. The van der Waals surface area contributed by atoms with Gasteiger partial charge in [-0.15, -0.1) is 0 Å². The third-order valence-electron chi connectivity index (χ3n) is 2.83. The number of esters is 1. The van der Waals surface area contributed by atoms with Crippen molar-refractivity contribution in [3.05, 3.63) is 28.8 Å². The van der Waals surface area contributed by atoms with Crippen LogP contribution in [0.5, 0.6) is 5.75 Å². The lowest BCUT2D eigenvalue weighted by Gasteiger charge is -2.19. The molecule has 118 valence electrons. The highest BCUT2D eigenvalue weighted by molar-refractivity contribution is 6.30. The third kappa shape index (κ3) is 6.73.